The number of aromatic hydroxyl groups is 1. The molecule has 0 heterocycles. The number of aryl methyl sites for hydroxylation is 1. The Balaban J connectivity index is 3.39. The van der Waals surface area contributed by atoms with E-state index in [0.29, 0.717) is 5.75 Å². The summed E-state index contributed by atoms with van der Waals surface area (Å²) in [5, 5.41) is 10.6. The smallest absolute Gasteiger partial charge is 0.123 e. The normalized spacial score (nSPS) is 12.8. The number of benzene rings is 1. The quantitative estimate of drug-likeness (QED) is 0.798. The lowest BCUT2D eigenvalue weighted by Crippen LogP contribution is -2.17. The summed E-state index contributed by atoms with van der Waals surface area (Å²) < 4.78 is 0. The Morgan fingerprint density at radius 1 is 0.947 bits per heavy atom. The molecule has 0 aliphatic heterocycles. The predicted octanol–water partition coefficient (Wildman–Crippen LogP) is 5.14. The first-order valence-corrected chi connectivity index (χ1v) is 7.22. The van der Waals surface area contributed by atoms with Gasteiger partial charge in [0.1, 0.15) is 5.75 Å². The van der Waals surface area contributed by atoms with Gasteiger partial charge in [0.25, 0.3) is 0 Å². The van der Waals surface area contributed by atoms with E-state index >= 15 is 0 Å². The average Bonchev–Trinajstić information content (AvgIpc) is 2.24. The molecule has 0 unspecified atom stereocenters. The number of unbranched alkanes of at least 4 members (excludes halogenated alkanes) is 1. The third-order valence-corrected chi connectivity index (χ3v) is 3.51. The van der Waals surface area contributed by atoms with Crippen molar-refractivity contribution >= 4 is 0 Å². The second-order valence-corrected chi connectivity index (χ2v) is 7.49. The summed E-state index contributed by atoms with van der Waals surface area (Å²) in [7, 11) is 0. The lowest BCUT2D eigenvalue weighted by atomic mass is 9.78. The van der Waals surface area contributed by atoms with Crippen molar-refractivity contribution in [1.29, 1.82) is 0 Å². The molecule has 107 valence electrons. The van der Waals surface area contributed by atoms with Crippen molar-refractivity contribution in [2.24, 2.45) is 0 Å². The van der Waals surface area contributed by atoms with Crippen LogP contribution in [0.4, 0.5) is 0 Å². The Labute approximate surface area is 119 Å². The van der Waals surface area contributed by atoms with Crippen molar-refractivity contribution < 1.29 is 5.11 Å². The number of phenols is 1. The van der Waals surface area contributed by atoms with E-state index in [2.05, 4.69) is 67.0 Å². The number of rotatable bonds is 3. The fourth-order valence-electron chi connectivity index (χ4n) is 2.29. The van der Waals surface area contributed by atoms with Gasteiger partial charge in [0.2, 0.25) is 0 Å². The number of hydrogen-bond acceptors (Lipinski definition) is 1. The minimum absolute atomic E-state index is 0.0317. The molecule has 1 aromatic rings. The molecule has 0 aromatic heterocycles. The lowest BCUT2D eigenvalue weighted by molar-refractivity contribution is 0.422. The van der Waals surface area contributed by atoms with Gasteiger partial charge in [0.15, 0.2) is 0 Å². The van der Waals surface area contributed by atoms with Crippen LogP contribution in [0.25, 0.3) is 0 Å². The molecule has 0 amide bonds. The van der Waals surface area contributed by atoms with Crippen LogP contribution in [0.3, 0.4) is 0 Å². The summed E-state index contributed by atoms with van der Waals surface area (Å²) >= 11 is 0. The first-order chi connectivity index (χ1) is 8.57. The van der Waals surface area contributed by atoms with Gasteiger partial charge in [-0.1, -0.05) is 60.6 Å². The topological polar surface area (TPSA) is 20.2 Å². The van der Waals surface area contributed by atoms with Gasteiger partial charge in [0.05, 0.1) is 0 Å². The van der Waals surface area contributed by atoms with Gasteiger partial charge >= 0.3 is 0 Å². The van der Waals surface area contributed by atoms with Crippen LogP contribution in [-0.2, 0) is 17.3 Å². The fourth-order valence-corrected chi connectivity index (χ4v) is 2.29. The summed E-state index contributed by atoms with van der Waals surface area (Å²) in [6.45, 7) is 15.0. The van der Waals surface area contributed by atoms with Crippen LogP contribution in [0, 0.1) is 6.42 Å². The maximum atomic E-state index is 10.6. The van der Waals surface area contributed by atoms with Crippen molar-refractivity contribution in [2.45, 2.75) is 72.1 Å². The largest absolute Gasteiger partial charge is 0.507 e. The van der Waals surface area contributed by atoms with E-state index in [-0.39, 0.29) is 10.8 Å². The summed E-state index contributed by atoms with van der Waals surface area (Å²) in [6, 6.07) is 4.35. The Kier molecular flexibility index (Phi) is 4.71. The first kappa shape index (κ1) is 16.1. The van der Waals surface area contributed by atoms with Crippen molar-refractivity contribution in [2.75, 3.05) is 0 Å². The molecule has 1 rings (SSSR count). The average molecular weight is 261 g/mol. The van der Waals surface area contributed by atoms with E-state index in [1.54, 1.807) is 0 Å². The second kappa shape index (κ2) is 5.56. The molecule has 1 heteroatoms. The molecule has 0 bridgehead atoms. The van der Waals surface area contributed by atoms with Crippen LogP contribution in [-0.4, -0.2) is 5.11 Å². The zero-order valence-corrected chi connectivity index (χ0v) is 13.6. The van der Waals surface area contributed by atoms with Crippen LogP contribution < -0.4 is 0 Å². The SMILES string of the molecule is C[CH]CCc1cc(C(C)(C)C)c(O)c(C(C)(C)C)c1. The molecule has 1 radical (unpaired) electrons. The molecule has 0 spiro atoms. The molecular formula is C18H29O. The molecule has 1 aromatic carbocycles. The summed E-state index contributed by atoms with van der Waals surface area (Å²) in [4.78, 5) is 0. The molecule has 0 saturated heterocycles. The van der Waals surface area contributed by atoms with E-state index in [1.807, 2.05) is 0 Å². The Hall–Kier alpha value is -0.980. The van der Waals surface area contributed by atoms with Crippen LogP contribution in [0.15, 0.2) is 12.1 Å². The van der Waals surface area contributed by atoms with Crippen molar-refractivity contribution in [3.8, 4) is 5.75 Å². The Morgan fingerprint density at radius 2 is 1.37 bits per heavy atom. The molecule has 19 heavy (non-hydrogen) atoms. The van der Waals surface area contributed by atoms with Crippen LogP contribution in [0.2, 0.25) is 0 Å². The molecule has 1 N–H and O–H groups in total. The molecule has 0 atom stereocenters. The lowest BCUT2D eigenvalue weighted by Gasteiger charge is -2.28. The fraction of sp³-hybridized carbons (Fsp3) is 0.611. The van der Waals surface area contributed by atoms with E-state index in [1.165, 1.54) is 5.56 Å². The van der Waals surface area contributed by atoms with Crippen LogP contribution >= 0.6 is 0 Å². The van der Waals surface area contributed by atoms with E-state index < -0.39 is 0 Å². The van der Waals surface area contributed by atoms with E-state index in [4.69, 9.17) is 0 Å². The van der Waals surface area contributed by atoms with Crippen molar-refractivity contribution in [3.63, 3.8) is 0 Å². The zero-order chi connectivity index (χ0) is 14.8. The van der Waals surface area contributed by atoms with E-state index in [0.717, 1.165) is 24.0 Å². The highest BCUT2D eigenvalue weighted by molar-refractivity contribution is 5.49. The van der Waals surface area contributed by atoms with Gasteiger partial charge in [-0.3, -0.25) is 0 Å². The molecule has 0 aliphatic carbocycles. The van der Waals surface area contributed by atoms with Crippen LogP contribution in [0.1, 0.15) is 71.6 Å². The minimum atomic E-state index is -0.0317. The van der Waals surface area contributed by atoms with Gasteiger partial charge in [-0.15, -0.1) is 0 Å². The van der Waals surface area contributed by atoms with Gasteiger partial charge in [0, 0.05) is 0 Å². The van der Waals surface area contributed by atoms with Crippen LogP contribution in [0.5, 0.6) is 5.75 Å². The highest BCUT2D eigenvalue weighted by Gasteiger charge is 2.26. The highest BCUT2D eigenvalue weighted by Crippen LogP contribution is 2.39. The van der Waals surface area contributed by atoms with Gasteiger partial charge in [-0.25, -0.2) is 0 Å². The Morgan fingerprint density at radius 3 is 1.68 bits per heavy atom. The van der Waals surface area contributed by atoms with Gasteiger partial charge in [-0.2, -0.15) is 0 Å². The molecule has 1 nitrogen and oxygen atoms in total. The van der Waals surface area contributed by atoms with Gasteiger partial charge in [-0.05, 0) is 46.8 Å². The van der Waals surface area contributed by atoms with E-state index in [9.17, 15) is 5.11 Å². The van der Waals surface area contributed by atoms with Gasteiger partial charge < -0.3 is 5.11 Å². The maximum absolute atomic E-state index is 10.6. The number of phenolic OH excluding ortho intramolecular Hbond substituents is 1. The summed E-state index contributed by atoms with van der Waals surface area (Å²) in [5.41, 5.74) is 3.38. The molecular weight excluding hydrogens is 232 g/mol. The molecule has 0 aliphatic rings. The third-order valence-electron chi connectivity index (χ3n) is 3.51. The minimum Gasteiger partial charge on any atom is -0.507 e. The maximum Gasteiger partial charge on any atom is 0.123 e. The Bertz CT molecular complexity index is 395. The summed E-state index contributed by atoms with van der Waals surface area (Å²) in [5.74, 6) is 0.476. The predicted molar refractivity (Wildman–Crippen MR) is 83.8 cm³/mol. The summed E-state index contributed by atoms with van der Waals surface area (Å²) in [6.07, 6.45) is 4.32. The molecule has 0 fully saturated rings. The van der Waals surface area contributed by atoms with Crippen molar-refractivity contribution in [1.82, 2.24) is 0 Å². The second-order valence-electron chi connectivity index (χ2n) is 7.49. The monoisotopic (exact) mass is 261 g/mol. The number of hydrogen-bond donors (Lipinski definition) is 1. The third kappa shape index (κ3) is 3.99. The standard InChI is InChI=1S/C18H29O/c1-8-9-10-13-11-14(17(2,3)4)16(19)15(12-13)18(5,6)7/h8,11-12,19H,9-10H2,1-7H3. The zero-order valence-electron chi connectivity index (χ0n) is 13.6. The molecule has 0 saturated carbocycles. The van der Waals surface area contributed by atoms with Crippen molar-refractivity contribution in [3.05, 3.63) is 35.2 Å². The highest BCUT2D eigenvalue weighted by atomic mass is 16.3. The first-order valence-electron chi connectivity index (χ1n) is 7.22.